The van der Waals surface area contributed by atoms with E-state index in [1.165, 1.54) is 12.1 Å². The Bertz CT molecular complexity index is 661. The lowest BCUT2D eigenvalue weighted by atomic mass is 10.2. The highest BCUT2D eigenvalue weighted by atomic mass is 32.2. The van der Waals surface area contributed by atoms with Crippen LogP contribution in [0.1, 0.15) is 5.56 Å². The Morgan fingerprint density at radius 2 is 1.26 bits per heavy atom. The maximum Gasteiger partial charge on any atom is 0.522 e. The topological polar surface area (TPSA) is 112 Å². The van der Waals surface area contributed by atoms with Gasteiger partial charge in [-0.1, -0.05) is 17.7 Å². The van der Waals surface area contributed by atoms with Gasteiger partial charge in [-0.05, 0) is 30.0 Å². The Hall–Kier alpha value is -0.820. The molecule has 0 heterocycles. The summed E-state index contributed by atoms with van der Waals surface area (Å²) in [5, 5.41) is 0. The Labute approximate surface area is 136 Å². The lowest BCUT2D eigenvalue weighted by Crippen LogP contribution is -2.21. The van der Waals surface area contributed by atoms with Gasteiger partial charge in [-0.3, -0.25) is 4.55 Å². The molecule has 1 aromatic carbocycles. The van der Waals surface area contributed by atoms with Crippen LogP contribution in [0.25, 0.3) is 0 Å². The third kappa shape index (κ3) is 13.3. The standard InChI is InChI=1S/C7H8O3S.C3H9S.CHF3O3S/c1-6-2-4-7(5-3-6)11(8,9)10;1-4(2)3;2-1(3,4)8(5,6)7/h2-5H,1H3,(H,8,9,10);1-3H3;(H,5,6,7)/q;+1;/p-1. The Morgan fingerprint density at radius 3 is 1.43 bits per heavy atom. The van der Waals surface area contributed by atoms with Gasteiger partial charge in [0.2, 0.25) is 0 Å². The zero-order valence-corrected chi connectivity index (χ0v) is 15.1. The van der Waals surface area contributed by atoms with E-state index >= 15 is 0 Å². The zero-order chi connectivity index (χ0) is 19.1. The molecule has 0 bridgehead atoms. The number of hydrogen-bond donors (Lipinski definition) is 1. The van der Waals surface area contributed by atoms with Gasteiger partial charge in [-0.2, -0.15) is 21.6 Å². The minimum atomic E-state index is -5.84. The van der Waals surface area contributed by atoms with E-state index < -0.39 is 25.7 Å². The maximum absolute atomic E-state index is 10.7. The Balaban J connectivity index is 0. The van der Waals surface area contributed by atoms with E-state index in [9.17, 15) is 26.1 Å². The summed E-state index contributed by atoms with van der Waals surface area (Å²) in [7, 11) is -9.47. The Morgan fingerprint density at radius 1 is 1.00 bits per heavy atom. The molecule has 0 unspecified atom stereocenters. The molecule has 12 heteroatoms. The fourth-order valence-corrected chi connectivity index (χ4v) is 1.17. The second-order valence-electron chi connectivity index (χ2n) is 4.41. The summed E-state index contributed by atoms with van der Waals surface area (Å²) < 4.78 is 88.7. The van der Waals surface area contributed by atoms with Crippen LogP contribution in [-0.4, -0.2) is 50.2 Å². The van der Waals surface area contributed by atoms with Crippen molar-refractivity contribution in [2.45, 2.75) is 17.3 Å². The van der Waals surface area contributed by atoms with E-state index in [0.717, 1.165) is 5.56 Å². The molecule has 0 saturated carbocycles. The van der Waals surface area contributed by atoms with Crippen LogP contribution in [0, 0.1) is 6.92 Å². The van der Waals surface area contributed by atoms with Gasteiger partial charge in [-0.25, -0.2) is 8.42 Å². The fraction of sp³-hybridized carbons (Fsp3) is 0.455. The lowest BCUT2D eigenvalue weighted by Gasteiger charge is -2.05. The minimum Gasteiger partial charge on any atom is -0.744 e. The van der Waals surface area contributed by atoms with Crippen LogP contribution in [0.4, 0.5) is 13.2 Å². The average molecular weight is 398 g/mol. The summed E-state index contributed by atoms with van der Waals surface area (Å²) >= 11 is 0. The molecule has 0 spiro atoms. The van der Waals surface area contributed by atoms with E-state index in [4.69, 9.17) is 13.0 Å². The molecule has 6 nitrogen and oxygen atoms in total. The van der Waals surface area contributed by atoms with Crippen LogP contribution in [0.15, 0.2) is 29.2 Å². The quantitative estimate of drug-likeness (QED) is 0.438. The maximum atomic E-state index is 10.7. The van der Waals surface area contributed by atoms with Crippen molar-refractivity contribution < 1.29 is 39.1 Å². The van der Waals surface area contributed by atoms with Crippen LogP contribution in [0.3, 0.4) is 0 Å². The monoisotopic (exact) mass is 398 g/mol. The highest BCUT2D eigenvalue weighted by Gasteiger charge is 2.44. The van der Waals surface area contributed by atoms with Crippen LogP contribution >= 0.6 is 0 Å². The predicted octanol–water partition coefficient (Wildman–Crippen LogP) is 1.79. The van der Waals surface area contributed by atoms with Crippen molar-refractivity contribution in [1.29, 1.82) is 0 Å². The van der Waals surface area contributed by atoms with Crippen molar-refractivity contribution in [2.75, 3.05) is 18.8 Å². The summed E-state index contributed by atoms with van der Waals surface area (Å²) in [5.74, 6) is 0. The predicted molar refractivity (Wildman–Crippen MR) is 81.9 cm³/mol. The van der Waals surface area contributed by atoms with E-state index in [0.29, 0.717) is 10.9 Å². The number of halogens is 3. The van der Waals surface area contributed by atoms with Gasteiger partial charge in [0, 0.05) is 0 Å². The molecule has 0 atom stereocenters. The van der Waals surface area contributed by atoms with Crippen molar-refractivity contribution >= 4 is 31.1 Å². The normalized spacial score (nSPS) is 11.9. The number of benzene rings is 1. The van der Waals surface area contributed by atoms with Crippen molar-refractivity contribution in [3.63, 3.8) is 0 Å². The average Bonchev–Trinajstić information content (AvgIpc) is 2.25. The van der Waals surface area contributed by atoms with Crippen molar-refractivity contribution in [1.82, 2.24) is 0 Å². The number of rotatable bonds is 1. The van der Waals surface area contributed by atoms with Crippen LogP contribution in [-0.2, 0) is 31.1 Å². The molecule has 1 aromatic rings. The first-order chi connectivity index (χ1) is 9.98. The molecule has 0 fully saturated rings. The second-order valence-corrected chi connectivity index (χ2v) is 9.65. The minimum absolute atomic E-state index is 0.178. The van der Waals surface area contributed by atoms with Gasteiger partial charge < -0.3 is 4.55 Å². The first-order valence-electron chi connectivity index (χ1n) is 5.54. The highest BCUT2D eigenvalue weighted by Crippen LogP contribution is 2.20. The molecule has 0 aliphatic heterocycles. The molecular weight excluding hydrogens is 381 g/mol. The first kappa shape index (κ1) is 24.4. The molecule has 0 saturated heterocycles. The first-order valence-corrected chi connectivity index (χ1v) is 10.8. The zero-order valence-electron chi connectivity index (χ0n) is 12.7. The highest BCUT2D eigenvalue weighted by molar-refractivity contribution is 7.94. The summed E-state index contributed by atoms with van der Waals surface area (Å²) in [6, 6.07) is 5.78. The SMILES string of the molecule is C[S+](C)C.Cc1ccc(S(=O)(=O)[O-])cc1.O=S(=O)(O)C(F)(F)F. The molecule has 0 aliphatic rings. The van der Waals surface area contributed by atoms with Crippen molar-refractivity contribution in [2.24, 2.45) is 0 Å². The van der Waals surface area contributed by atoms with Gasteiger partial charge in [0.1, 0.15) is 10.1 Å². The van der Waals surface area contributed by atoms with Gasteiger partial charge in [0.15, 0.2) is 0 Å². The van der Waals surface area contributed by atoms with E-state index in [1.54, 1.807) is 12.1 Å². The van der Waals surface area contributed by atoms with Crippen molar-refractivity contribution in [3.8, 4) is 0 Å². The van der Waals surface area contributed by atoms with Gasteiger partial charge >= 0.3 is 15.6 Å². The fourth-order valence-electron chi connectivity index (χ4n) is 0.705. The molecule has 0 radical (unpaired) electrons. The molecule has 0 amide bonds. The molecule has 1 rings (SSSR count). The molecule has 136 valence electrons. The summed E-state index contributed by atoms with van der Waals surface area (Å²) in [6.07, 6.45) is 6.58. The molecule has 0 aliphatic carbocycles. The Kier molecular flexibility index (Phi) is 10.1. The summed E-state index contributed by atoms with van der Waals surface area (Å²) in [4.78, 5) is -0.178. The van der Waals surface area contributed by atoms with Gasteiger partial charge in [0.05, 0.1) is 23.7 Å². The van der Waals surface area contributed by atoms with Crippen LogP contribution in [0.5, 0.6) is 0 Å². The van der Waals surface area contributed by atoms with E-state index in [-0.39, 0.29) is 4.90 Å². The van der Waals surface area contributed by atoms with Crippen LogP contribution in [0.2, 0.25) is 0 Å². The summed E-state index contributed by atoms with van der Waals surface area (Å²) in [6.45, 7) is 1.82. The number of alkyl halides is 3. The number of hydrogen-bond acceptors (Lipinski definition) is 5. The molecule has 1 N–H and O–H groups in total. The number of aryl methyl sites for hydroxylation is 1. The largest absolute Gasteiger partial charge is 0.744 e. The molecule has 0 aromatic heterocycles. The molecule has 23 heavy (non-hydrogen) atoms. The second kappa shape index (κ2) is 9.47. The van der Waals surface area contributed by atoms with Crippen molar-refractivity contribution in [3.05, 3.63) is 29.8 Å². The summed E-state index contributed by atoms with van der Waals surface area (Å²) in [5.41, 5.74) is -4.61. The smallest absolute Gasteiger partial charge is 0.522 e. The van der Waals surface area contributed by atoms with Gasteiger partial charge in [-0.15, -0.1) is 0 Å². The molecular formula is C11H17F3O6S3. The third-order valence-corrected chi connectivity index (χ3v) is 3.04. The third-order valence-electron chi connectivity index (χ3n) is 1.60. The lowest BCUT2D eigenvalue weighted by molar-refractivity contribution is -0.0510. The van der Waals surface area contributed by atoms with E-state index in [2.05, 4.69) is 18.8 Å². The van der Waals surface area contributed by atoms with E-state index in [1.807, 2.05) is 6.92 Å². The van der Waals surface area contributed by atoms with Gasteiger partial charge in [0.25, 0.3) is 0 Å². The van der Waals surface area contributed by atoms with Crippen LogP contribution < -0.4 is 0 Å².